The lowest BCUT2D eigenvalue weighted by molar-refractivity contribution is 0.161. The topological polar surface area (TPSA) is 49.4 Å². The molecule has 0 rings (SSSR count). The Morgan fingerprint density at radius 2 is 1.60 bits per heavy atom. The Labute approximate surface area is 93.2 Å². The van der Waals surface area contributed by atoms with Gasteiger partial charge in [0.25, 0.3) is 0 Å². The Kier molecular flexibility index (Phi) is 6.70. The first-order valence-corrected chi connectivity index (χ1v) is 7.00. The lowest BCUT2D eigenvalue weighted by Crippen LogP contribution is -2.44. The monoisotopic (exact) mass is 233 g/mol. The molecule has 0 aromatic carbocycles. The molecule has 0 aliphatic rings. The molecule has 0 saturated heterocycles. The van der Waals surface area contributed by atoms with Gasteiger partial charge >= 0.3 is 13.4 Å². The molecule has 4 nitrogen and oxygen atoms in total. The Balaban J connectivity index is 4.23. The molecule has 0 spiro atoms. The van der Waals surface area contributed by atoms with Crippen LogP contribution in [-0.2, 0) is 4.57 Å². The molecule has 0 heterocycles. The molecule has 1 atom stereocenters. The van der Waals surface area contributed by atoms with E-state index in [-0.39, 0.29) is 5.65 Å². The van der Waals surface area contributed by atoms with Gasteiger partial charge in [-0.1, -0.05) is 32.3 Å². The van der Waals surface area contributed by atoms with Crippen molar-refractivity contribution in [3.05, 3.63) is 0 Å². The molecule has 15 heavy (non-hydrogen) atoms. The number of nitrogens with one attached hydrogen (secondary N) is 1. The molecule has 0 aromatic heterocycles. The van der Waals surface area contributed by atoms with Crippen molar-refractivity contribution in [3.63, 3.8) is 0 Å². The van der Waals surface area contributed by atoms with E-state index in [1.807, 2.05) is 5.01 Å². The van der Waals surface area contributed by atoms with E-state index in [0.29, 0.717) is 11.8 Å². The van der Waals surface area contributed by atoms with Gasteiger partial charge in [-0.25, -0.2) is 15.2 Å². The van der Waals surface area contributed by atoms with E-state index in [4.69, 9.17) is 0 Å². The fourth-order valence-corrected chi connectivity index (χ4v) is 1.54. The zero-order valence-electron chi connectivity index (χ0n) is 10.3. The van der Waals surface area contributed by atoms with Gasteiger partial charge in [-0.3, -0.25) is 0 Å². The standard InChI is InChI=1S/C10H21N2O2P/c1-8(2)6-12(7-9(3)4)11-10(13)15(5)14/h8-9H,6-7H2,1-5H3/p+1. The van der Waals surface area contributed by atoms with Crippen LogP contribution < -0.4 is 5.43 Å². The summed E-state index contributed by atoms with van der Waals surface area (Å²) in [5, 5.41) is 1.86. The van der Waals surface area contributed by atoms with Crippen LogP contribution in [0, 0.1) is 11.8 Å². The van der Waals surface area contributed by atoms with Crippen molar-refractivity contribution in [2.75, 3.05) is 19.8 Å². The third-order valence-electron chi connectivity index (χ3n) is 1.71. The molecular weight excluding hydrogens is 211 g/mol. The molecule has 1 amide bonds. The van der Waals surface area contributed by atoms with Gasteiger partial charge in [0.05, 0.1) is 0 Å². The summed E-state index contributed by atoms with van der Waals surface area (Å²) in [6, 6.07) is 0. The molecule has 1 N–H and O–H groups in total. The van der Waals surface area contributed by atoms with Crippen LogP contribution in [-0.4, -0.2) is 30.4 Å². The summed E-state index contributed by atoms with van der Waals surface area (Å²) in [7, 11) is -1.79. The van der Waals surface area contributed by atoms with E-state index in [0.717, 1.165) is 13.1 Å². The first-order valence-electron chi connectivity index (χ1n) is 5.29. The third-order valence-corrected chi connectivity index (χ3v) is 2.38. The van der Waals surface area contributed by atoms with Gasteiger partial charge in [0.15, 0.2) is 0 Å². The van der Waals surface area contributed by atoms with E-state index in [2.05, 4.69) is 33.1 Å². The molecule has 0 fully saturated rings. The maximum absolute atomic E-state index is 11.3. The van der Waals surface area contributed by atoms with Crippen LogP contribution in [0.4, 0.5) is 4.79 Å². The summed E-state index contributed by atoms with van der Waals surface area (Å²) in [4.78, 5) is 11.3. The number of rotatable bonds is 6. The van der Waals surface area contributed by atoms with Crippen LogP contribution in [0.1, 0.15) is 27.7 Å². The SMILES string of the molecule is CC(C)CN(CC(C)C)NC(=O)[P+](C)=O. The first kappa shape index (κ1) is 14.5. The molecule has 5 heteroatoms. The average Bonchev–Trinajstić information content (AvgIpc) is 2.00. The lowest BCUT2D eigenvalue weighted by Gasteiger charge is -2.24. The second-order valence-corrected chi connectivity index (χ2v) is 6.01. The number of hydrogen-bond donors (Lipinski definition) is 1. The van der Waals surface area contributed by atoms with Crippen molar-refractivity contribution in [1.82, 2.24) is 10.4 Å². The zero-order chi connectivity index (χ0) is 12.0. The second kappa shape index (κ2) is 6.91. The highest BCUT2D eigenvalue weighted by atomic mass is 31.1. The summed E-state index contributed by atoms with van der Waals surface area (Å²) < 4.78 is 11.0. The maximum atomic E-state index is 11.3. The lowest BCUT2D eigenvalue weighted by atomic mass is 10.2. The molecule has 0 bridgehead atoms. The fourth-order valence-electron chi connectivity index (χ4n) is 1.25. The highest BCUT2D eigenvalue weighted by Gasteiger charge is 2.24. The summed E-state index contributed by atoms with van der Waals surface area (Å²) in [5.41, 5.74) is 2.31. The highest BCUT2D eigenvalue weighted by Crippen LogP contribution is 2.14. The minimum Gasteiger partial charge on any atom is -0.245 e. The van der Waals surface area contributed by atoms with Crippen molar-refractivity contribution >= 4 is 13.4 Å². The summed E-state index contributed by atoms with van der Waals surface area (Å²) in [6.45, 7) is 11.3. The minimum absolute atomic E-state index is 0.383. The minimum atomic E-state index is -1.79. The number of hydrazine groups is 1. The predicted molar refractivity (Wildman–Crippen MR) is 63.3 cm³/mol. The largest absolute Gasteiger partial charge is 0.473 e. The highest BCUT2D eigenvalue weighted by molar-refractivity contribution is 7.62. The number of nitrogens with zero attached hydrogens (tertiary/aromatic N) is 1. The van der Waals surface area contributed by atoms with E-state index in [1.54, 1.807) is 0 Å². The number of amides is 1. The van der Waals surface area contributed by atoms with Gasteiger partial charge in [-0.05, 0) is 11.8 Å². The van der Waals surface area contributed by atoms with E-state index in [1.165, 1.54) is 6.66 Å². The van der Waals surface area contributed by atoms with Crippen LogP contribution in [0.2, 0.25) is 0 Å². The number of hydrogen-bond acceptors (Lipinski definition) is 3. The second-order valence-electron chi connectivity index (χ2n) is 4.61. The van der Waals surface area contributed by atoms with Crippen molar-refractivity contribution in [1.29, 1.82) is 0 Å². The third kappa shape index (κ3) is 7.46. The van der Waals surface area contributed by atoms with Crippen molar-refractivity contribution < 1.29 is 9.36 Å². The smallest absolute Gasteiger partial charge is 0.245 e. The van der Waals surface area contributed by atoms with Gasteiger partial charge in [0.1, 0.15) is 6.66 Å². The normalized spacial score (nSPS) is 12.4. The van der Waals surface area contributed by atoms with Crippen LogP contribution in [0.25, 0.3) is 0 Å². The van der Waals surface area contributed by atoms with Crippen molar-refractivity contribution in [3.8, 4) is 0 Å². The molecular formula is C10H22N2O2P+. The molecule has 0 aliphatic carbocycles. The molecule has 1 unspecified atom stereocenters. The van der Waals surface area contributed by atoms with Crippen molar-refractivity contribution in [2.45, 2.75) is 27.7 Å². The van der Waals surface area contributed by atoms with Crippen LogP contribution in [0.3, 0.4) is 0 Å². The molecule has 0 aromatic rings. The quantitative estimate of drug-likeness (QED) is 0.566. The van der Waals surface area contributed by atoms with Gasteiger partial charge in [0.2, 0.25) is 0 Å². The Bertz CT molecular complexity index is 219. The first-order chi connectivity index (χ1) is 6.82. The fraction of sp³-hybridized carbons (Fsp3) is 0.900. The molecule has 88 valence electrons. The van der Waals surface area contributed by atoms with Gasteiger partial charge in [-0.2, -0.15) is 0 Å². The zero-order valence-corrected chi connectivity index (χ0v) is 11.2. The average molecular weight is 233 g/mol. The van der Waals surface area contributed by atoms with E-state index < -0.39 is 7.80 Å². The summed E-state index contributed by atoms with van der Waals surface area (Å²) >= 11 is 0. The Morgan fingerprint density at radius 1 is 1.20 bits per heavy atom. The Hall–Kier alpha value is -0.470. The van der Waals surface area contributed by atoms with Gasteiger partial charge in [0, 0.05) is 13.1 Å². The van der Waals surface area contributed by atoms with Crippen LogP contribution in [0.15, 0.2) is 0 Å². The van der Waals surface area contributed by atoms with Gasteiger partial charge in [-0.15, -0.1) is 0 Å². The van der Waals surface area contributed by atoms with Crippen molar-refractivity contribution in [2.24, 2.45) is 11.8 Å². The van der Waals surface area contributed by atoms with Gasteiger partial charge < -0.3 is 0 Å². The van der Waals surface area contributed by atoms with E-state index >= 15 is 0 Å². The maximum Gasteiger partial charge on any atom is 0.473 e. The molecule has 0 saturated carbocycles. The summed E-state index contributed by atoms with van der Waals surface area (Å²) in [6.07, 6.45) is 0. The number of carbonyl (C=O) groups is 1. The predicted octanol–water partition coefficient (Wildman–Crippen LogP) is 2.68. The van der Waals surface area contributed by atoms with Crippen LogP contribution >= 0.6 is 7.80 Å². The molecule has 0 aliphatic heterocycles. The number of carbonyl (C=O) groups excluding carboxylic acids is 1. The Morgan fingerprint density at radius 3 is 1.87 bits per heavy atom. The van der Waals surface area contributed by atoms with Crippen LogP contribution in [0.5, 0.6) is 0 Å². The van der Waals surface area contributed by atoms with E-state index in [9.17, 15) is 9.36 Å². The molecule has 0 radical (unpaired) electrons. The summed E-state index contributed by atoms with van der Waals surface area (Å²) in [5.74, 6) is 0.942.